The topological polar surface area (TPSA) is 119 Å². The molecule has 0 amide bonds. The average Bonchev–Trinajstić information content (AvgIpc) is 3.12. The minimum Gasteiger partial charge on any atom is -0.467 e. The molecule has 0 saturated heterocycles. The summed E-state index contributed by atoms with van der Waals surface area (Å²) in [5.74, 6) is 0.183. The van der Waals surface area contributed by atoms with Gasteiger partial charge in [0.1, 0.15) is 0 Å². The fraction of sp³-hybridized carbons (Fsp3) is 0.462. The molecule has 0 aromatic carbocycles. The van der Waals surface area contributed by atoms with E-state index in [0.29, 0.717) is 17.6 Å². The quantitative estimate of drug-likeness (QED) is 0.672. The second kappa shape index (κ2) is 5.30. The molecule has 2 heterocycles. The van der Waals surface area contributed by atoms with Crippen molar-refractivity contribution in [3.05, 3.63) is 18.5 Å². The lowest BCUT2D eigenvalue weighted by Gasteiger charge is -2.17. The first-order valence-electron chi connectivity index (χ1n) is 6.65. The number of aromatic nitrogens is 4. The van der Waals surface area contributed by atoms with Crippen molar-refractivity contribution >= 4 is 17.0 Å². The second-order valence-corrected chi connectivity index (χ2v) is 5.02. The number of nitrogens with two attached hydrogens (primary N) is 1. The van der Waals surface area contributed by atoms with E-state index in [9.17, 15) is 5.11 Å². The van der Waals surface area contributed by atoms with Crippen LogP contribution in [0, 0.1) is 5.92 Å². The smallest absolute Gasteiger partial charge is 0.320 e. The molecule has 0 radical (unpaired) electrons. The van der Waals surface area contributed by atoms with Crippen LogP contribution in [0.3, 0.4) is 0 Å². The lowest BCUT2D eigenvalue weighted by atomic mass is 10.0. The molecule has 8 heteroatoms. The number of hydrogen-bond acceptors (Lipinski definition) is 7. The molecular weight excluding hydrogens is 274 g/mol. The van der Waals surface area contributed by atoms with E-state index in [1.165, 1.54) is 7.11 Å². The number of anilines is 1. The summed E-state index contributed by atoms with van der Waals surface area (Å²) in [4.78, 5) is 12.5. The Morgan fingerprint density at radius 2 is 2.29 bits per heavy atom. The molecule has 3 rings (SSSR count). The number of allylic oxidation sites excluding steroid dienone is 1. The van der Waals surface area contributed by atoms with Crippen molar-refractivity contribution in [3.8, 4) is 6.01 Å². The van der Waals surface area contributed by atoms with Gasteiger partial charge in [0, 0.05) is 5.92 Å². The number of methoxy groups -OCH3 is 1. The number of rotatable bonds is 4. The highest BCUT2D eigenvalue weighted by molar-refractivity contribution is 5.82. The summed E-state index contributed by atoms with van der Waals surface area (Å²) in [6.07, 6.45) is 5.43. The highest BCUT2D eigenvalue weighted by Gasteiger charge is 2.27. The molecule has 0 saturated carbocycles. The Balaban J connectivity index is 1.95. The molecule has 0 aliphatic heterocycles. The van der Waals surface area contributed by atoms with Gasteiger partial charge in [0.15, 0.2) is 17.0 Å². The predicted octanol–water partition coefficient (Wildman–Crippen LogP) is -0.112. The Morgan fingerprint density at radius 1 is 1.48 bits per heavy atom. The molecule has 1 aliphatic rings. The number of nitrogen functional groups attached to an aromatic ring is 1. The average molecular weight is 291 g/mol. The summed E-state index contributed by atoms with van der Waals surface area (Å²) < 4.78 is 6.90. The Morgan fingerprint density at radius 3 is 3.00 bits per heavy atom. The molecule has 4 N–H and O–H groups in total. The molecule has 3 atom stereocenters. The van der Waals surface area contributed by atoms with Gasteiger partial charge in [0.25, 0.3) is 0 Å². The Labute approximate surface area is 120 Å². The maximum absolute atomic E-state index is 9.72. The number of hydrogen-bond donors (Lipinski definition) is 3. The molecule has 3 unspecified atom stereocenters. The van der Waals surface area contributed by atoms with Crippen LogP contribution in [0.5, 0.6) is 6.01 Å². The molecule has 2 aromatic heterocycles. The van der Waals surface area contributed by atoms with Crippen molar-refractivity contribution in [3.63, 3.8) is 0 Å². The molecule has 8 nitrogen and oxygen atoms in total. The fourth-order valence-electron chi connectivity index (χ4n) is 2.59. The summed E-state index contributed by atoms with van der Waals surface area (Å²) in [5.41, 5.74) is 6.96. The summed E-state index contributed by atoms with van der Waals surface area (Å²) in [7, 11) is 1.48. The van der Waals surface area contributed by atoms with Crippen molar-refractivity contribution in [2.75, 3.05) is 19.5 Å². The van der Waals surface area contributed by atoms with Gasteiger partial charge >= 0.3 is 6.01 Å². The molecule has 0 spiro atoms. The molecule has 112 valence electrons. The lowest BCUT2D eigenvalue weighted by molar-refractivity contribution is 0.0605. The van der Waals surface area contributed by atoms with Crippen LogP contribution in [0.4, 0.5) is 5.82 Å². The van der Waals surface area contributed by atoms with Crippen molar-refractivity contribution < 1.29 is 14.9 Å². The van der Waals surface area contributed by atoms with Gasteiger partial charge in [-0.25, -0.2) is 4.98 Å². The van der Waals surface area contributed by atoms with E-state index in [2.05, 4.69) is 15.0 Å². The first-order chi connectivity index (χ1) is 10.1. The standard InChI is InChI=1S/C13H17N5O3/c1-21-13-16-11(14)10-12(17-13)18(6-15-10)8-3-2-7(4-8)9(20)5-19/h2-3,6-9,19-20H,4-5H2,1H3,(H2,14,16,17). The van der Waals surface area contributed by atoms with Crippen LogP contribution in [-0.2, 0) is 0 Å². The minimum absolute atomic E-state index is 0.000191. The summed E-state index contributed by atoms with van der Waals surface area (Å²) in [6.45, 7) is -0.255. The van der Waals surface area contributed by atoms with E-state index in [1.807, 2.05) is 16.7 Å². The van der Waals surface area contributed by atoms with Crippen LogP contribution >= 0.6 is 0 Å². The molecular formula is C13H17N5O3. The Kier molecular flexibility index (Phi) is 3.48. The van der Waals surface area contributed by atoms with Gasteiger partial charge in [-0.05, 0) is 6.42 Å². The highest BCUT2D eigenvalue weighted by Crippen LogP contribution is 2.32. The van der Waals surface area contributed by atoms with Crippen molar-refractivity contribution in [2.45, 2.75) is 18.6 Å². The van der Waals surface area contributed by atoms with E-state index in [-0.39, 0.29) is 30.4 Å². The van der Waals surface area contributed by atoms with E-state index in [4.69, 9.17) is 15.6 Å². The highest BCUT2D eigenvalue weighted by atomic mass is 16.5. The van der Waals surface area contributed by atoms with E-state index in [0.717, 1.165) is 0 Å². The van der Waals surface area contributed by atoms with Gasteiger partial charge < -0.3 is 25.3 Å². The number of fused-ring (bicyclic) bond motifs is 1. The maximum Gasteiger partial charge on any atom is 0.320 e. The van der Waals surface area contributed by atoms with Crippen LogP contribution < -0.4 is 10.5 Å². The van der Waals surface area contributed by atoms with E-state index in [1.54, 1.807) is 6.33 Å². The molecule has 0 bridgehead atoms. The minimum atomic E-state index is -0.754. The SMILES string of the molecule is COc1nc(N)c2ncn(C3C=CC(C(O)CO)C3)c2n1. The zero-order valence-electron chi connectivity index (χ0n) is 11.5. The van der Waals surface area contributed by atoms with Crippen molar-refractivity contribution in [1.29, 1.82) is 0 Å². The van der Waals surface area contributed by atoms with Crippen molar-refractivity contribution in [2.24, 2.45) is 5.92 Å². The number of imidazole rings is 1. The van der Waals surface area contributed by atoms with Crippen molar-refractivity contribution in [1.82, 2.24) is 19.5 Å². The number of ether oxygens (including phenoxy) is 1. The summed E-state index contributed by atoms with van der Waals surface area (Å²) in [6, 6.07) is 0.191. The molecule has 21 heavy (non-hydrogen) atoms. The molecule has 1 aliphatic carbocycles. The van der Waals surface area contributed by atoms with Gasteiger partial charge in [0.2, 0.25) is 0 Å². The Bertz CT molecular complexity index is 684. The zero-order valence-corrected chi connectivity index (χ0v) is 11.5. The maximum atomic E-state index is 9.72. The number of aliphatic hydroxyl groups is 2. The van der Waals surface area contributed by atoms with Gasteiger partial charge in [-0.3, -0.25) is 0 Å². The third-order valence-electron chi connectivity index (χ3n) is 3.74. The van der Waals surface area contributed by atoms with E-state index < -0.39 is 6.10 Å². The fourth-order valence-corrected chi connectivity index (χ4v) is 2.59. The van der Waals surface area contributed by atoms with Crippen LogP contribution in [0.1, 0.15) is 12.5 Å². The van der Waals surface area contributed by atoms with Gasteiger partial charge in [0.05, 0.1) is 32.2 Å². The number of aliphatic hydroxyl groups excluding tert-OH is 2. The first-order valence-corrected chi connectivity index (χ1v) is 6.65. The molecule has 0 fully saturated rings. The molecule has 2 aromatic rings. The second-order valence-electron chi connectivity index (χ2n) is 5.02. The normalized spacial score (nSPS) is 22.8. The van der Waals surface area contributed by atoms with Crippen LogP contribution in [0.25, 0.3) is 11.2 Å². The van der Waals surface area contributed by atoms with Gasteiger partial charge in [-0.2, -0.15) is 9.97 Å². The monoisotopic (exact) mass is 291 g/mol. The van der Waals surface area contributed by atoms with Crippen LogP contribution in [0.2, 0.25) is 0 Å². The van der Waals surface area contributed by atoms with Crippen LogP contribution in [-0.4, -0.2) is 49.6 Å². The van der Waals surface area contributed by atoms with Gasteiger partial charge in [-0.1, -0.05) is 12.2 Å². The Hall–Kier alpha value is -2.19. The number of nitrogens with zero attached hydrogens (tertiary/aromatic N) is 4. The predicted molar refractivity (Wildman–Crippen MR) is 75.7 cm³/mol. The lowest BCUT2D eigenvalue weighted by Crippen LogP contribution is -2.22. The summed E-state index contributed by atoms with van der Waals surface area (Å²) in [5, 5.41) is 18.8. The summed E-state index contributed by atoms with van der Waals surface area (Å²) >= 11 is 0. The zero-order chi connectivity index (χ0) is 15.0. The largest absolute Gasteiger partial charge is 0.467 e. The first kappa shape index (κ1) is 13.8. The van der Waals surface area contributed by atoms with E-state index >= 15 is 0 Å². The van der Waals surface area contributed by atoms with Crippen LogP contribution in [0.15, 0.2) is 18.5 Å². The van der Waals surface area contributed by atoms with Gasteiger partial charge in [-0.15, -0.1) is 0 Å². The third-order valence-corrected chi connectivity index (χ3v) is 3.74. The third kappa shape index (κ3) is 2.32.